The number of carbonyl (C=O) groups excluding carboxylic acids is 2. The van der Waals surface area contributed by atoms with Crippen LogP contribution in [0.1, 0.15) is 56.6 Å². The van der Waals surface area contributed by atoms with Crippen molar-refractivity contribution in [3.8, 4) is 0 Å². The van der Waals surface area contributed by atoms with Gasteiger partial charge in [0.15, 0.2) is 5.65 Å². The van der Waals surface area contributed by atoms with Crippen LogP contribution in [0.15, 0.2) is 15.7 Å². The fourth-order valence-corrected chi connectivity index (χ4v) is 2.92. The fourth-order valence-electron chi connectivity index (χ4n) is 2.92. The van der Waals surface area contributed by atoms with Gasteiger partial charge in [-0.25, -0.2) is 14.6 Å². The second kappa shape index (κ2) is 10.0. The number of amides is 2. The third kappa shape index (κ3) is 5.46. The van der Waals surface area contributed by atoms with E-state index in [-0.39, 0.29) is 48.1 Å². The van der Waals surface area contributed by atoms with Crippen LogP contribution < -0.4 is 21.9 Å². The normalized spacial score (nSPS) is 11.2. The molecule has 0 spiro atoms. The lowest BCUT2D eigenvalue weighted by molar-refractivity contribution is 0.0953. The van der Waals surface area contributed by atoms with Gasteiger partial charge in [-0.05, 0) is 24.8 Å². The molecule has 0 aliphatic carbocycles. The lowest BCUT2D eigenvalue weighted by atomic mass is 10.0. The van der Waals surface area contributed by atoms with E-state index in [1.54, 1.807) is 13.0 Å². The lowest BCUT2D eigenvalue weighted by Gasteiger charge is -2.16. The van der Waals surface area contributed by atoms with Crippen molar-refractivity contribution >= 4 is 23.0 Å². The Morgan fingerprint density at radius 1 is 1.17 bits per heavy atom. The van der Waals surface area contributed by atoms with Crippen LogP contribution in [-0.4, -0.2) is 46.2 Å². The molecule has 10 nitrogen and oxygen atoms in total. The molecule has 2 heterocycles. The highest BCUT2D eigenvalue weighted by atomic mass is 16.5. The van der Waals surface area contributed by atoms with E-state index in [0.29, 0.717) is 12.2 Å². The van der Waals surface area contributed by atoms with Gasteiger partial charge in [-0.3, -0.25) is 19.1 Å². The van der Waals surface area contributed by atoms with Crippen molar-refractivity contribution in [1.82, 2.24) is 25.2 Å². The minimum Gasteiger partial charge on any atom is -0.450 e. The molecule has 10 heteroatoms. The Balaban J connectivity index is 2.45. The maximum absolute atomic E-state index is 12.9. The molecular weight excluding hydrogens is 390 g/mol. The molecule has 2 rings (SSSR count). The number of aromatic amines is 1. The van der Waals surface area contributed by atoms with E-state index in [1.165, 1.54) is 4.57 Å². The third-order valence-corrected chi connectivity index (χ3v) is 4.31. The molecular formula is C20H29N5O5. The summed E-state index contributed by atoms with van der Waals surface area (Å²) in [5, 5.41) is 5.25. The van der Waals surface area contributed by atoms with Gasteiger partial charge in [-0.1, -0.05) is 27.7 Å². The number of nitrogens with zero attached hydrogens (tertiary/aromatic N) is 2. The first-order valence-electron chi connectivity index (χ1n) is 10.0. The smallest absolute Gasteiger partial charge is 0.407 e. The monoisotopic (exact) mass is 419 g/mol. The van der Waals surface area contributed by atoms with E-state index in [2.05, 4.69) is 20.6 Å². The first-order chi connectivity index (χ1) is 14.1. The number of aromatic nitrogens is 3. The summed E-state index contributed by atoms with van der Waals surface area (Å²) in [6, 6.07) is 1.57. The van der Waals surface area contributed by atoms with Gasteiger partial charge in [0.25, 0.3) is 11.5 Å². The molecule has 0 atom stereocenters. The van der Waals surface area contributed by atoms with Crippen molar-refractivity contribution in [3.63, 3.8) is 0 Å². The van der Waals surface area contributed by atoms with Crippen LogP contribution in [0.3, 0.4) is 0 Å². The summed E-state index contributed by atoms with van der Waals surface area (Å²) >= 11 is 0. The topological polar surface area (TPSA) is 135 Å². The standard InChI is InChI=1S/C20H29N5O5/c1-6-30-20(29)22-8-7-21-17(26)13-9-14(12(4)5)23-16-15(13)18(27)24-19(28)25(16)10-11(2)3/h9,11-12H,6-8,10H2,1-5H3,(H,21,26)(H,22,29)(H,24,27,28). The number of carbonyl (C=O) groups is 2. The summed E-state index contributed by atoms with van der Waals surface area (Å²) in [6.45, 7) is 10.3. The van der Waals surface area contributed by atoms with Gasteiger partial charge in [0.1, 0.15) is 0 Å². The summed E-state index contributed by atoms with van der Waals surface area (Å²) in [5.74, 6) is -0.379. The molecule has 0 aromatic carbocycles. The van der Waals surface area contributed by atoms with Crippen LogP contribution in [-0.2, 0) is 11.3 Å². The zero-order chi connectivity index (χ0) is 22.4. The second-order valence-corrected chi connectivity index (χ2v) is 7.61. The van der Waals surface area contributed by atoms with E-state index in [4.69, 9.17) is 4.74 Å². The quantitative estimate of drug-likeness (QED) is 0.553. The first kappa shape index (κ1) is 23.1. The Labute approximate surface area is 174 Å². The van der Waals surface area contributed by atoms with Crippen molar-refractivity contribution in [1.29, 1.82) is 0 Å². The Hall–Kier alpha value is -3.17. The van der Waals surface area contributed by atoms with Crippen molar-refractivity contribution in [2.75, 3.05) is 19.7 Å². The van der Waals surface area contributed by atoms with E-state index in [0.717, 1.165) is 0 Å². The highest BCUT2D eigenvalue weighted by molar-refractivity contribution is 6.05. The Morgan fingerprint density at radius 3 is 2.43 bits per heavy atom. The van der Waals surface area contributed by atoms with Crippen LogP contribution in [0, 0.1) is 5.92 Å². The van der Waals surface area contributed by atoms with Crippen molar-refractivity contribution in [3.05, 3.63) is 38.2 Å². The van der Waals surface area contributed by atoms with Gasteiger partial charge in [0.2, 0.25) is 0 Å². The van der Waals surface area contributed by atoms with E-state index < -0.39 is 23.2 Å². The number of alkyl carbamates (subject to hydrolysis) is 1. The zero-order valence-electron chi connectivity index (χ0n) is 18.0. The van der Waals surface area contributed by atoms with Crippen molar-refractivity contribution in [2.45, 2.75) is 47.1 Å². The minimum absolute atomic E-state index is 0.0201. The maximum atomic E-state index is 12.9. The first-order valence-corrected chi connectivity index (χ1v) is 10.0. The highest BCUT2D eigenvalue weighted by Gasteiger charge is 2.20. The molecule has 2 aromatic heterocycles. The molecule has 0 saturated heterocycles. The molecule has 164 valence electrons. The summed E-state index contributed by atoms with van der Waals surface area (Å²) in [7, 11) is 0. The number of fused-ring (bicyclic) bond motifs is 1. The Kier molecular flexibility index (Phi) is 7.73. The molecule has 0 bridgehead atoms. The SMILES string of the molecule is CCOC(=O)NCCNC(=O)c1cc(C(C)C)nc2c1c(=O)[nH]c(=O)n2CC(C)C. The number of ether oxygens (including phenoxy) is 1. The minimum atomic E-state index is -0.660. The number of rotatable bonds is 8. The average molecular weight is 419 g/mol. The molecule has 0 saturated carbocycles. The molecule has 0 unspecified atom stereocenters. The Morgan fingerprint density at radius 2 is 1.83 bits per heavy atom. The molecule has 0 aliphatic rings. The number of pyridine rings is 1. The predicted molar refractivity (Wildman–Crippen MR) is 113 cm³/mol. The van der Waals surface area contributed by atoms with Crippen LogP contribution in [0.5, 0.6) is 0 Å². The number of hydrogen-bond acceptors (Lipinski definition) is 6. The molecule has 2 amide bonds. The second-order valence-electron chi connectivity index (χ2n) is 7.61. The average Bonchev–Trinajstić information content (AvgIpc) is 2.67. The Bertz CT molecular complexity index is 1040. The summed E-state index contributed by atoms with van der Waals surface area (Å²) in [5.41, 5.74) is -0.288. The zero-order valence-corrected chi connectivity index (χ0v) is 18.0. The number of hydrogen-bond donors (Lipinski definition) is 3. The largest absolute Gasteiger partial charge is 0.450 e. The summed E-state index contributed by atoms with van der Waals surface area (Å²) in [6.07, 6.45) is -0.572. The number of H-pyrrole nitrogens is 1. The molecule has 2 aromatic rings. The summed E-state index contributed by atoms with van der Waals surface area (Å²) < 4.78 is 6.15. The highest BCUT2D eigenvalue weighted by Crippen LogP contribution is 2.20. The lowest BCUT2D eigenvalue weighted by Crippen LogP contribution is -2.37. The van der Waals surface area contributed by atoms with Gasteiger partial charge in [-0.2, -0.15) is 0 Å². The van der Waals surface area contributed by atoms with Gasteiger partial charge in [0, 0.05) is 25.3 Å². The van der Waals surface area contributed by atoms with E-state index in [1.807, 2.05) is 27.7 Å². The van der Waals surface area contributed by atoms with Crippen molar-refractivity contribution < 1.29 is 14.3 Å². The van der Waals surface area contributed by atoms with Crippen LogP contribution in [0.25, 0.3) is 11.0 Å². The maximum Gasteiger partial charge on any atom is 0.407 e. The van der Waals surface area contributed by atoms with Crippen LogP contribution >= 0.6 is 0 Å². The fraction of sp³-hybridized carbons (Fsp3) is 0.550. The van der Waals surface area contributed by atoms with E-state index >= 15 is 0 Å². The van der Waals surface area contributed by atoms with Gasteiger partial charge in [0.05, 0.1) is 17.6 Å². The molecule has 3 N–H and O–H groups in total. The van der Waals surface area contributed by atoms with Gasteiger partial charge < -0.3 is 15.4 Å². The molecule has 0 radical (unpaired) electrons. The predicted octanol–water partition coefficient (Wildman–Crippen LogP) is 1.34. The van der Waals surface area contributed by atoms with Gasteiger partial charge >= 0.3 is 11.8 Å². The number of nitrogens with one attached hydrogen (secondary N) is 3. The summed E-state index contributed by atoms with van der Waals surface area (Å²) in [4.78, 5) is 55.9. The van der Waals surface area contributed by atoms with E-state index in [9.17, 15) is 19.2 Å². The van der Waals surface area contributed by atoms with Gasteiger partial charge in [-0.15, -0.1) is 0 Å². The van der Waals surface area contributed by atoms with Crippen LogP contribution in [0.2, 0.25) is 0 Å². The third-order valence-electron chi connectivity index (χ3n) is 4.31. The van der Waals surface area contributed by atoms with Crippen LogP contribution in [0.4, 0.5) is 4.79 Å². The molecule has 0 fully saturated rings. The van der Waals surface area contributed by atoms with Crippen molar-refractivity contribution in [2.24, 2.45) is 5.92 Å². The molecule has 30 heavy (non-hydrogen) atoms. The molecule has 0 aliphatic heterocycles.